The Bertz CT molecular complexity index is 821. The number of nitrogens with zero attached hydrogens (tertiary/aromatic N) is 2. The molecule has 1 N–H and O–H groups in total. The number of carboxylic acid groups (broad SMARTS) is 1. The van der Waals surface area contributed by atoms with Crippen molar-refractivity contribution in [2.24, 2.45) is 0 Å². The molecule has 288 valence electrons. The molecule has 1 rings (SSSR count). The Morgan fingerprint density at radius 3 is 1.90 bits per heavy atom. The number of methoxy groups -OCH3 is 2. The average molecular weight is 700 g/mol. The van der Waals surface area contributed by atoms with Gasteiger partial charge in [0.2, 0.25) is 6.67 Å². The fourth-order valence-electron chi connectivity index (χ4n) is 5.62. The average Bonchev–Trinajstić information content (AvgIpc) is 3.56. The third kappa shape index (κ3) is 27.8. The molecule has 0 radical (unpaired) electrons. The van der Waals surface area contributed by atoms with Crippen molar-refractivity contribution >= 4 is 12.2 Å². The van der Waals surface area contributed by atoms with Gasteiger partial charge in [0.05, 0.1) is 39.2 Å². The van der Waals surface area contributed by atoms with E-state index in [1.54, 1.807) is 14.2 Å². The molecule has 1 heterocycles. The minimum Gasteiger partial charge on any atom is -0.481 e. The molecule has 0 bridgehead atoms. The number of carboxylic acids is 1. The molecule has 1 atom stereocenters. The number of unbranched alkanes of at least 4 members (excludes halogenated alkanes) is 17. The van der Waals surface area contributed by atoms with Crippen LogP contribution in [0, 0.1) is 0 Å². The highest BCUT2D eigenvalue weighted by molar-refractivity contribution is 5.66. The molecule has 0 aromatic carbocycles. The normalized spacial score (nSPS) is 14.8. The molecular formula is C39H75N2O8+. The summed E-state index contributed by atoms with van der Waals surface area (Å²) in [4.78, 5) is 12.8. The molecule has 0 fully saturated rings. The second kappa shape index (κ2) is 32.4. The summed E-state index contributed by atoms with van der Waals surface area (Å²) in [6, 6.07) is 0. The molecule has 1 aliphatic heterocycles. The van der Waals surface area contributed by atoms with Gasteiger partial charge in [-0.05, 0) is 26.2 Å². The van der Waals surface area contributed by atoms with Crippen molar-refractivity contribution in [3.05, 3.63) is 12.4 Å². The summed E-state index contributed by atoms with van der Waals surface area (Å²) in [5, 5.41) is 8.74. The van der Waals surface area contributed by atoms with Crippen molar-refractivity contribution in [3.63, 3.8) is 0 Å². The summed E-state index contributed by atoms with van der Waals surface area (Å²) in [5.41, 5.74) is 0. The lowest BCUT2D eigenvalue weighted by Gasteiger charge is -2.28. The highest BCUT2D eigenvalue weighted by Gasteiger charge is 2.25. The first kappa shape index (κ1) is 45.5. The number of hydrogen-bond donors (Lipinski definition) is 1. The lowest BCUT2D eigenvalue weighted by atomic mass is 10.0. The zero-order chi connectivity index (χ0) is 35.7. The van der Waals surface area contributed by atoms with Crippen LogP contribution in [0.5, 0.6) is 0 Å². The van der Waals surface area contributed by atoms with Crippen LogP contribution in [0.3, 0.4) is 0 Å². The molecule has 0 aromatic heterocycles. The fourth-order valence-corrected chi connectivity index (χ4v) is 5.62. The first-order valence-corrected chi connectivity index (χ1v) is 19.6. The maximum atomic E-state index is 10.6. The summed E-state index contributed by atoms with van der Waals surface area (Å²) >= 11 is 0. The van der Waals surface area contributed by atoms with Gasteiger partial charge in [-0.3, -0.25) is 4.79 Å². The fraction of sp³-hybridized carbons (Fsp3) is 0.897. The van der Waals surface area contributed by atoms with Crippen LogP contribution < -0.4 is 0 Å². The predicted octanol–water partition coefficient (Wildman–Crippen LogP) is 8.16. The lowest BCUT2D eigenvalue weighted by molar-refractivity contribution is -0.460. The van der Waals surface area contributed by atoms with Gasteiger partial charge in [-0.1, -0.05) is 103 Å². The van der Waals surface area contributed by atoms with Crippen LogP contribution in [0.15, 0.2) is 12.4 Å². The van der Waals surface area contributed by atoms with Crippen LogP contribution >= 0.6 is 0 Å². The van der Waals surface area contributed by atoms with Crippen molar-refractivity contribution in [2.45, 2.75) is 154 Å². The summed E-state index contributed by atoms with van der Waals surface area (Å²) in [5.74, 6) is -1.54. The summed E-state index contributed by atoms with van der Waals surface area (Å²) in [6.45, 7) is 9.24. The summed E-state index contributed by atoms with van der Waals surface area (Å²) in [7, 11) is 3.23. The van der Waals surface area contributed by atoms with Crippen LogP contribution in [-0.4, -0.2) is 112 Å². The Morgan fingerprint density at radius 2 is 1.33 bits per heavy atom. The third-order valence-electron chi connectivity index (χ3n) is 9.11. The quantitative estimate of drug-likeness (QED) is 0.0391. The van der Waals surface area contributed by atoms with Crippen LogP contribution in [0.25, 0.3) is 0 Å². The van der Waals surface area contributed by atoms with E-state index in [0.29, 0.717) is 39.5 Å². The monoisotopic (exact) mass is 700 g/mol. The topological polar surface area (TPSA) is 98.9 Å². The van der Waals surface area contributed by atoms with Gasteiger partial charge < -0.3 is 38.4 Å². The number of ether oxygens (including phenoxy) is 6. The zero-order valence-corrected chi connectivity index (χ0v) is 32.0. The Balaban J connectivity index is 2.09. The van der Waals surface area contributed by atoms with Gasteiger partial charge in [-0.2, -0.15) is 4.58 Å². The van der Waals surface area contributed by atoms with Crippen molar-refractivity contribution < 1.29 is 42.9 Å². The highest BCUT2D eigenvalue weighted by atomic mass is 16.7. The molecule has 0 spiro atoms. The number of hydrogen-bond acceptors (Lipinski definition) is 8. The van der Waals surface area contributed by atoms with E-state index in [1.165, 1.54) is 96.3 Å². The molecule has 10 nitrogen and oxygen atoms in total. The zero-order valence-electron chi connectivity index (χ0n) is 32.0. The van der Waals surface area contributed by atoms with Crippen molar-refractivity contribution in [3.8, 4) is 0 Å². The maximum Gasteiger partial charge on any atom is 0.303 e. The van der Waals surface area contributed by atoms with Gasteiger partial charge in [0.15, 0.2) is 12.0 Å². The SMILES string of the molecule is CCCCCCCCCCCCCCCCCCOCC(COCCOCCN1C=C[N+](=CCCCCC(=O)O)C1)OCC(C)(OC)OC. The van der Waals surface area contributed by atoms with Gasteiger partial charge in [0.25, 0.3) is 0 Å². The van der Waals surface area contributed by atoms with Crippen molar-refractivity contribution in [1.29, 1.82) is 0 Å². The highest BCUT2D eigenvalue weighted by Crippen LogP contribution is 2.15. The molecule has 0 aromatic rings. The maximum absolute atomic E-state index is 10.6. The Labute approximate surface area is 299 Å². The van der Waals surface area contributed by atoms with E-state index >= 15 is 0 Å². The number of rotatable bonds is 37. The van der Waals surface area contributed by atoms with E-state index < -0.39 is 11.8 Å². The van der Waals surface area contributed by atoms with Gasteiger partial charge in [-0.15, -0.1) is 0 Å². The van der Waals surface area contributed by atoms with Crippen LogP contribution in [0.2, 0.25) is 0 Å². The minimum absolute atomic E-state index is 0.216. The molecule has 0 amide bonds. The van der Waals surface area contributed by atoms with E-state index in [1.807, 2.05) is 13.1 Å². The third-order valence-corrected chi connectivity index (χ3v) is 9.11. The summed E-state index contributed by atoms with van der Waals surface area (Å²) in [6.07, 6.45) is 30.5. The van der Waals surface area contributed by atoms with Crippen LogP contribution in [-0.2, 0) is 33.2 Å². The molecule has 10 heteroatoms. The molecule has 0 saturated heterocycles. The second-order valence-corrected chi connectivity index (χ2v) is 13.6. The van der Waals surface area contributed by atoms with E-state index in [4.69, 9.17) is 33.5 Å². The first-order chi connectivity index (χ1) is 23.9. The van der Waals surface area contributed by atoms with Gasteiger partial charge in [0, 0.05) is 40.2 Å². The molecule has 0 aliphatic carbocycles. The van der Waals surface area contributed by atoms with Crippen LogP contribution in [0.1, 0.15) is 142 Å². The van der Waals surface area contributed by atoms with Crippen LogP contribution in [0.4, 0.5) is 0 Å². The van der Waals surface area contributed by atoms with E-state index in [0.717, 1.165) is 39.1 Å². The van der Waals surface area contributed by atoms with Gasteiger partial charge >= 0.3 is 5.97 Å². The predicted molar refractivity (Wildman–Crippen MR) is 197 cm³/mol. The standard InChI is InChI=1S/C39H74N2O8/c1-5-6-7-8-9-10-11-12-13-14-15-16-17-18-19-23-29-47-33-37(49-35-39(2,44-3)45-4)34-48-32-31-46-30-28-41-27-26-40(36-41)25-22-20-21-24-38(42)43/h25-27,37H,5-24,28-36H2,1-4H3/p+1. The molecular weight excluding hydrogens is 624 g/mol. The summed E-state index contributed by atoms with van der Waals surface area (Å²) < 4.78 is 36.8. The Kier molecular flexibility index (Phi) is 30.0. The van der Waals surface area contributed by atoms with Crippen molar-refractivity contribution in [1.82, 2.24) is 4.90 Å². The lowest BCUT2D eigenvalue weighted by Crippen LogP contribution is -2.39. The Hall–Kier alpha value is -1.56. The van der Waals surface area contributed by atoms with E-state index in [2.05, 4.69) is 28.8 Å². The molecule has 49 heavy (non-hydrogen) atoms. The van der Waals surface area contributed by atoms with Gasteiger partial charge in [-0.25, -0.2) is 0 Å². The number of carbonyl (C=O) groups is 1. The minimum atomic E-state index is -0.813. The first-order valence-electron chi connectivity index (χ1n) is 19.6. The van der Waals surface area contributed by atoms with E-state index in [9.17, 15) is 4.79 Å². The molecule has 1 unspecified atom stereocenters. The Morgan fingerprint density at radius 1 is 0.776 bits per heavy atom. The smallest absolute Gasteiger partial charge is 0.303 e. The van der Waals surface area contributed by atoms with Crippen molar-refractivity contribution in [2.75, 3.05) is 73.7 Å². The molecule has 1 aliphatic rings. The number of aliphatic carboxylic acids is 1. The van der Waals surface area contributed by atoms with E-state index in [-0.39, 0.29) is 19.1 Å². The molecule has 0 saturated carbocycles. The van der Waals surface area contributed by atoms with Gasteiger partial charge in [0.1, 0.15) is 18.9 Å². The second-order valence-electron chi connectivity index (χ2n) is 13.6. The largest absolute Gasteiger partial charge is 0.481 e.